The van der Waals surface area contributed by atoms with Crippen LogP contribution in [0.25, 0.3) is 22.2 Å². The van der Waals surface area contributed by atoms with Crippen LogP contribution in [0, 0.1) is 5.92 Å². The molecule has 1 saturated carbocycles. The summed E-state index contributed by atoms with van der Waals surface area (Å²) in [5, 5.41) is 17.7. The van der Waals surface area contributed by atoms with Crippen molar-refractivity contribution < 1.29 is 4.79 Å². The Balaban J connectivity index is 1.49. The molecule has 0 spiro atoms. The van der Waals surface area contributed by atoms with E-state index in [1.807, 2.05) is 37.5 Å². The predicted octanol–water partition coefficient (Wildman–Crippen LogP) is 2.66. The van der Waals surface area contributed by atoms with Gasteiger partial charge in [-0.2, -0.15) is 10.2 Å². The fourth-order valence-electron chi connectivity index (χ4n) is 4.05. The number of ketones is 1. The zero-order valence-corrected chi connectivity index (χ0v) is 16.7. The molecule has 0 aliphatic heterocycles. The molecule has 1 aliphatic rings. The van der Waals surface area contributed by atoms with Gasteiger partial charge in [0.05, 0.1) is 23.8 Å². The lowest BCUT2D eigenvalue weighted by Gasteiger charge is -2.31. The molecule has 7 nitrogen and oxygen atoms in total. The second-order valence-electron chi connectivity index (χ2n) is 8.00. The van der Waals surface area contributed by atoms with Gasteiger partial charge in [-0.3, -0.25) is 9.48 Å². The standard InChI is InChI=1S/C21H26N6O/c1-26(2)18-7-4-14(5-8-18)21(28)12-17-11-16-10-15(6-9-19(16)23-22-17)20-13-27(3)25-24-20/h6,9-11,13-14,18H,4-5,7-8,12H2,1-3H3. The van der Waals surface area contributed by atoms with Gasteiger partial charge in [-0.15, -0.1) is 5.10 Å². The van der Waals surface area contributed by atoms with E-state index in [0.29, 0.717) is 12.5 Å². The summed E-state index contributed by atoms with van der Waals surface area (Å²) >= 11 is 0. The zero-order chi connectivity index (χ0) is 19.7. The first-order chi connectivity index (χ1) is 13.5. The van der Waals surface area contributed by atoms with Crippen LogP contribution in [-0.4, -0.2) is 56.0 Å². The molecule has 1 aromatic carbocycles. The highest BCUT2D eigenvalue weighted by molar-refractivity contribution is 5.86. The first-order valence-electron chi connectivity index (χ1n) is 9.82. The number of aromatic nitrogens is 5. The van der Waals surface area contributed by atoms with E-state index in [0.717, 1.165) is 53.5 Å². The number of Topliss-reactive ketones (excluding diaryl/α,β-unsaturated/α-hetero) is 1. The van der Waals surface area contributed by atoms with Crippen LogP contribution in [0.5, 0.6) is 0 Å². The molecule has 1 aliphatic carbocycles. The summed E-state index contributed by atoms with van der Waals surface area (Å²) < 4.78 is 1.68. The maximum absolute atomic E-state index is 12.8. The smallest absolute Gasteiger partial charge is 0.141 e. The van der Waals surface area contributed by atoms with Crippen molar-refractivity contribution >= 4 is 16.7 Å². The summed E-state index contributed by atoms with van der Waals surface area (Å²) in [4.78, 5) is 15.0. The van der Waals surface area contributed by atoms with E-state index >= 15 is 0 Å². The molecule has 0 unspecified atom stereocenters. The quantitative estimate of drug-likeness (QED) is 0.679. The molecule has 0 bridgehead atoms. The maximum Gasteiger partial charge on any atom is 0.141 e. The normalized spacial score (nSPS) is 20.0. The molecule has 0 N–H and O–H groups in total. The van der Waals surface area contributed by atoms with E-state index in [-0.39, 0.29) is 11.7 Å². The largest absolute Gasteiger partial charge is 0.306 e. The first kappa shape index (κ1) is 18.7. The van der Waals surface area contributed by atoms with E-state index in [2.05, 4.69) is 39.5 Å². The molecule has 0 saturated heterocycles. The van der Waals surface area contributed by atoms with Gasteiger partial charge in [0, 0.05) is 30.0 Å². The number of carbonyl (C=O) groups is 1. The van der Waals surface area contributed by atoms with Crippen LogP contribution in [0.15, 0.2) is 30.5 Å². The Morgan fingerprint density at radius 3 is 2.57 bits per heavy atom. The predicted molar refractivity (Wildman–Crippen MR) is 108 cm³/mol. The van der Waals surface area contributed by atoms with Crippen LogP contribution in [0.1, 0.15) is 31.4 Å². The van der Waals surface area contributed by atoms with E-state index in [9.17, 15) is 4.79 Å². The van der Waals surface area contributed by atoms with Gasteiger partial charge in [0.2, 0.25) is 0 Å². The minimum atomic E-state index is 0.152. The van der Waals surface area contributed by atoms with Crippen LogP contribution >= 0.6 is 0 Å². The Hall–Kier alpha value is -2.67. The number of aryl methyl sites for hydroxylation is 1. The Labute approximate surface area is 164 Å². The molecule has 0 atom stereocenters. The monoisotopic (exact) mass is 378 g/mol. The number of fused-ring (bicyclic) bond motifs is 1. The molecule has 2 aromatic heterocycles. The molecule has 28 heavy (non-hydrogen) atoms. The minimum absolute atomic E-state index is 0.152. The van der Waals surface area contributed by atoms with Gasteiger partial charge in [0.15, 0.2) is 0 Å². The van der Waals surface area contributed by atoms with Crippen molar-refractivity contribution in [1.82, 2.24) is 30.1 Å². The van der Waals surface area contributed by atoms with E-state index < -0.39 is 0 Å². The second kappa shape index (κ2) is 7.75. The van der Waals surface area contributed by atoms with E-state index in [4.69, 9.17) is 0 Å². The number of hydrogen-bond acceptors (Lipinski definition) is 6. The molecule has 0 amide bonds. The fraction of sp³-hybridized carbons (Fsp3) is 0.476. The van der Waals surface area contributed by atoms with Gasteiger partial charge in [-0.05, 0) is 58.0 Å². The van der Waals surface area contributed by atoms with E-state index in [1.54, 1.807) is 4.68 Å². The van der Waals surface area contributed by atoms with Crippen LogP contribution < -0.4 is 0 Å². The molecule has 146 valence electrons. The average molecular weight is 378 g/mol. The van der Waals surface area contributed by atoms with Crippen LogP contribution in [0.2, 0.25) is 0 Å². The number of benzene rings is 1. The molecule has 2 heterocycles. The third kappa shape index (κ3) is 3.94. The lowest BCUT2D eigenvalue weighted by molar-refractivity contribution is -0.123. The topological polar surface area (TPSA) is 76.8 Å². The third-order valence-electron chi connectivity index (χ3n) is 5.77. The minimum Gasteiger partial charge on any atom is -0.306 e. The Morgan fingerprint density at radius 1 is 1.11 bits per heavy atom. The van der Waals surface area contributed by atoms with E-state index in [1.165, 1.54) is 0 Å². The lowest BCUT2D eigenvalue weighted by atomic mass is 9.82. The Kier molecular flexibility index (Phi) is 5.17. The van der Waals surface area contributed by atoms with Gasteiger partial charge >= 0.3 is 0 Å². The Bertz CT molecular complexity index is 987. The van der Waals surface area contributed by atoms with Gasteiger partial charge in [0.25, 0.3) is 0 Å². The van der Waals surface area contributed by atoms with Crippen LogP contribution in [0.3, 0.4) is 0 Å². The van der Waals surface area contributed by atoms with Crippen molar-refractivity contribution in [1.29, 1.82) is 0 Å². The van der Waals surface area contributed by atoms with Crippen molar-refractivity contribution in [3.05, 3.63) is 36.2 Å². The van der Waals surface area contributed by atoms with Crippen molar-refractivity contribution in [2.75, 3.05) is 14.1 Å². The summed E-state index contributed by atoms with van der Waals surface area (Å²) in [6, 6.07) is 8.51. The summed E-state index contributed by atoms with van der Waals surface area (Å²) in [6.07, 6.45) is 6.36. The molecule has 7 heteroatoms. The maximum atomic E-state index is 12.8. The third-order valence-corrected chi connectivity index (χ3v) is 5.77. The summed E-state index contributed by atoms with van der Waals surface area (Å²) in [5.41, 5.74) is 3.35. The highest BCUT2D eigenvalue weighted by atomic mass is 16.1. The molecule has 4 rings (SSSR count). The molecule has 1 fully saturated rings. The summed E-state index contributed by atoms with van der Waals surface area (Å²) in [7, 11) is 6.08. The number of carbonyl (C=O) groups excluding carboxylic acids is 1. The fourth-order valence-corrected chi connectivity index (χ4v) is 4.05. The average Bonchev–Trinajstić information content (AvgIpc) is 3.14. The lowest BCUT2D eigenvalue weighted by Crippen LogP contribution is -2.34. The van der Waals surface area contributed by atoms with Gasteiger partial charge in [-0.1, -0.05) is 11.3 Å². The molecule has 0 radical (unpaired) electrons. The van der Waals surface area contributed by atoms with Crippen molar-refractivity contribution in [2.24, 2.45) is 13.0 Å². The highest BCUT2D eigenvalue weighted by Gasteiger charge is 2.27. The van der Waals surface area contributed by atoms with Gasteiger partial charge < -0.3 is 4.90 Å². The van der Waals surface area contributed by atoms with Crippen molar-refractivity contribution in [2.45, 2.75) is 38.1 Å². The number of rotatable bonds is 5. The highest BCUT2D eigenvalue weighted by Crippen LogP contribution is 2.28. The van der Waals surface area contributed by atoms with Gasteiger partial charge in [0.1, 0.15) is 11.5 Å². The summed E-state index contributed by atoms with van der Waals surface area (Å²) in [6.45, 7) is 0. The van der Waals surface area contributed by atoms with Crippen molar-refractivity contribution in [3.8, 4) is 11.3 Å². The van der Waals surface area contributed by atoms with Gasteiger partial charge in [-0.25, -0.2) is 0 Å². The second-order valence-corrected chi connectivity index (χ2v) is 8.00. The van der Waals surface area contributed by atoms with Crippen LogP contribution in [0.4, 0.5) is 0 Å². The Morgan fingerprint density at radius 2 is 1.89 bits per heavy atom. The first-order valence-corrected chi connectivity index (χ1v) is 9.82. The molecular formula is C21H26N6O. The van der Waals surface area contributed by atoms with Crippen molar-refractivity contribution in [3.63, 3.8) is 0 Å². The summed E-state index contributed by atoms with van der Waals surface area (Å²) in [5.74, 6) is 0.440. The number of nitrogens with zero attached hydrogens (tertiary/aromatic N) is 6. The van der Waals surface area contributed by atoms with Crippen LogP contribution in [-0.2, 0) is 18.3 Å². The SMILES string of the molecule is CN(C)C1CCC(C(=O)Cc2cc3cc(-c4cn(C)nn4)ccc3nn2)CC1. The number of hydrogen-bond donors (Lipinski definition) is 0. The molecular weight excluding hydrogens is 352 g/mol. The zero-order valence-electron chi connectivity index (χ0n) is 16.7. The molecule has 3 aromatic rings.